The van der Waals surface area contributed by atoms with Crippen LogP contribution in [0.4, 0.5) is 0 Å². The van der Waals surface area contributed by atoms with Crippen LogP contribution in [0.5, 0.6) is 0 Å². The third-order valence-electron chi connectivity index (χ3n) is 3.84. The molecule has 0 radical (unpaired) electrons. The van der Waals surface area contributed by atoms with Gasteiger partial charge in [0.2, 0.25) is 0 Å². The average molecular weight is 231 g/mol. The van der Waals surface area contributed by atoms with E-state index in [1.54, 1.807) is 0 Å². The van der Waals surface area contributed by atoms with Crippen LogP contribution in [0.15, 0.2) is 30.3 Å². The van der Waals surface area contributed by atoms with Crippen LogP contribution in [-0.4, -0.2) is 12.6 Å². The Hall–Kier alpha value is -0.820. The fraction of sp³-hybridized carbons (Fsp3) is 0.625. The molecule has 0 aliphatic heterocycles. The molecule has 1 aromatic carbocycles. The highest BCUT2D eigenvalue weighted by molar-refractivity contribution is 5.23. The molecule has 94 valence electrons. The normalized spacial score (nSPS) is 18.9. The fourth-order valence-electron chi connectivity index (χ4n) is 2.82. The van der Waals surface area contributed by atoms with Gasteiger partial charge in [-0.05, 0) is 43.7 Å². The van der Waals surface area contributed by atoms with Crippen molar-refractivity contribution in [1.29, 1.82) is 0 Å². The van der Waals surface area contributed by atoms with Gasteiger partial charge in [0.15, 0.2) is 0 Å². The van der Waals surface area contributed by atoms with Crippen molar-refractivity contribution in [2.24, 2.45) is 5.92 Å². The van der Waals surface area contributed by atoms with Crippen LogP contribution >= 0.6 is 0 Å². The van der Waals surface area contributed by atoms with E-state index >= 15 is 0 Å². The Labute approximate surface area is 106 Å². The van der Waals surface area contributed by atoms with Crippen LogP contribution in [0.3, 0.4) is 0 Å². The highest BCUT2D eigenvalue weighted by atomic mass is 14.9. The van der Waals surface area contributed by atoms with Crippen molar-refractivity contribution in [2.75, 3.05) is 6.54 Å². The summed E-state index contributed by atoms with van der Waals surface area (Å²) in [7, 11) is 0. The molecule has 1 heteroatoms. The lowest BCUT2D eigenvalue weighted by atomic mass is 9.85. The molecule has 1 nitrogen and oxygen atoms in total. The van der Waals surface area contributed by atoms with Gasteiger partial charge in [-0.3, -0.25) is 0 Å². The van der Waals surface area contributed by atoms with Crippen LogP contribution in [0.25, 0.3) is 0 Å². The molecule has 2 atom stereocenters. The first-order valence-corrected chi connectivity index (χ1v) is 7.15. The van der Waals surface area contributed by atoms with Gasteiger partial charge in [0, 0.05) is 12.0 Å². The van der Waals surface area contributed by atoms with Gasteiger partial charge in [0.1, 0.15) is 0 Å². The van der Waals surface area contributed by atoms with E-state index in [9.17, 15) is 0 Å². The molecule has 2 rings (SSSR count). The Balaban J connectivity index is 2.10. The van der Waals surface area contributed by atoms with Crippen molar-refractivity contribution in [3.05, 3.63) is 35.9 Å². The molecule has 0 aromatic heterocycles. The van der Waals surface area contributed by atoms with E-state index in [4.69, 9.17) is 0 Å². The smallest absolute Gasteiger partial charge is 0.0136 e. The van der Waals surface area contributed by atoms with Gasteiger partial charge < -0.3 is 5.32 Å². The third-order valence-corrected chi connectivity index (χ3v) is 3.84. The summed E-state index contributed by atoms with van der Waals surface area (Å²) in [5.74, 6) is 1.65. The molecule has 1 aliphatic carbocycles. The SMILES string of the molecule is CCCNC(CC)C(c1ccccc1)C1CC1. The Morgan fingerprint density at radius 3 is 2.41 bits per heavy atom. The minimum Gasteiger partial charge on any atom is -0.313 e. The maximum absolute atomic E-state index is 3.74. The van der Waals surface area contributed by atoms with Crippen molar-refractivity contribution in [1.82, 2.24) is 5.32 Å². The maximum atomic E-state index is 3.74. The van der Waals surface area contributed by atoms with Gasteiger partial charge in [-0.15, -0.1) is 0 Å². The summed E-state index contributed by atoms with van der Waals surface area (Å²) in [6, 6.07) is 11.7. The number of benzene rings is 1. The molecule has 1 N–H and O–H groups in total. The molecule has 1 saturated carbocycles. The minimum absolute atomic E-state index is 0.657. The highest BCUT2D eigenvalue weighted by Crippen LogP contribution is 2.45. The van der Waals surface area contributed by atoms with Crippen molar-refractivity contribution in [3.8, 4) is 0 Å². The van der Waals surface area contributed by atoms with E-state index in [-0.39, 0.29) is 0 Å². The summed E-state index contributed by atoms with van der Waals surface area (Å²) >= 11 is 0. The Bertz CT molecular complexity index is 316. The van der Waals surface area contributed by atoms with Crippen molar-refractivity contribution in [2.45, 2.75) is 51.5 Å². The molecule has 0 amide bonds. The lowest BCUT2D eigenvalue weighted by Crippen LogP contribution is -2.36. The molecular formula is C16H25N. The van der Waals surface area contributed by atoms with E-state index in [2.05, 4.69) is 49.5 Å². The monoisotopic (exact) mass is 231 g/mol. The average Bonchev–Trinajstić information content (AvgIpc) is 3.19. The van der Waals surface area contributed by atoms with Crippen LogP contribution in [-0.2, 0) is 0 Å². The predicted molar refractivity (Wildman–Crippen MR) is 74.3 cm³/mol. The van der Waals surface area contributed by atoms with Crippen LogP contribution in [0, 0.1) is 5.92 Å². The summed E-state index contributed by atoms with van der Waals surface area (Å²) in [5, 5.41) is 3.74. The zero-order chi connectivity index (χ0) is 12.1. The number of nitrogens with one attached hydrogen (secondary N) is 1. The van der Waals surface area contributed by atoms with Gasteiger partial charge in [-0.25, -0.2) is 0 Å². The second kappa shape index (κ2) is 6.20. The zero-order valence-electron chi connectivity index (χ0n) is 11.2. The number of hydrogen-bond acceptors (Lipinski definition) is 1. The molecule has 1 aromatic rings. The van der Waals surface area contributed by atoms with E-state index in [1.165, 1.54) is 31.2 Å². The van der Waals surface area contributed by atoms with Crippen molar-refractivity contribution in [3.63, 3.8) is 0 Å². The quantitative estimate of drug-likeness (QED) is 0.749. The first kappa shape index (κ1) is 12.6. The third kappa shape index (κ3) is 3.32. The number of hydrogen-bond donors (Lipinski definition) is 1. The van der Waals surface area contributed by atoms with E-state index in [0.717, 1.165) is 18.4 Å². The van der Waals surface area contributed by atoms with Gasteiger partial charge in [-0.1, -0.05) is 44.2 Å². The molecule has 17 heavy (non-hydrogen) atoms. The van der Waals surface area contributed by atoms with Gasteiger partial charge in [0.05, 0.1) is 0 Å². The molecule has 1 fully saturated rings. The lowest BCUT2D eigenvalue weighted by molar-refractivity contribution is 0.390. The first-order valence-electron chi connectivity index (χ1n) is 7.15. The van der Waals surface area contributed by atoms with Crippen LogP contribution in [0.2, 0.25) is 0 Å². The van der Waals surface area contributed by atoms with Gasteiger partial charge in [0.25, 0.3) is 0 Å². The van der Waals surface area contributed by atoms with Crippen molar-refractivity contribution >= 4 is 0 Å². The Kier molecular flexibility index (Phi) is 4.61. The van der Waals surface area contributed by atoms with E-state index in [0.29, 0.717) is 6.04 Å². The fourth-order valence-corrected chi connectivity index (χ4v) is 2.82. The second-order valence-electron chi connectivity index (χ2n) is 5.24. The molecular weight excluding hydrogens is 206 g/mol. The first-order chi connectivity index (χ1) is 8.36. The van der Waals surface area contributed by atoms with Gasteiger partial charge in [-0.2, -0.15) is 0 Å². The second-order valence-corrected chi connectivity index (χ2v) is 5.24. The number of rotatable bonds is 7. The maximum Gasteiger partial charge on any atom is 0.0136 e. The Morgan fingerprint density at radius 2 is 1.88 bits per heavy atom. The molecule has 1 aliphatic rings. The summed E-state index contributed by atoms with van der Waals surface area (Å²) in [5.41, 5.74) is 1.53. The molecule has 0 saturated heterocycles. The standard InChI is InChI=1S/C16H25N/c1-3-12-17-15(4-2)16(14-10-11-14)13-8-6-5-7-9-13/h5-9,14-17H,3-4,10-12H2,1-2H3. The Morgan fingerprint density at radius 1 is 1.18 bits per heavy atom. The summed E-state index contributed by atoms with van der Waals surface area (Å²) in [6.07, 6.45) is 5.30. The lowest BCUT2D eigenvalue weighted by Gasteiger charge is -2.28. The molecule has 0 heterocycles. The van der Waals surface area contributed by atoms with E-state index in [1.807, 2.05) is 0 Å². The topological polar surface area (TPSA) is 12.0 Å². The molecule has 2 unspecified atom stereocenters. The molecule has 0 spiro atoms. The molecule has 0 bridgehead atoms. The minimum atomic E-state index is 0.657. The van der Waals surface area contributed by atoms with Crippen molar-refractivity contribution < 1.29 is 0 Å². The highest BCUT2D eigenvalue weighted by Gasteiger charge is 2.36. The largest absolute Gasteiger partial charge is 0.313 e. The van der Waals surface area contributed by atoms with Gasteiger partial charge >= 0.3 is 0 Å². The predicted octanol–water partition coefficient (Wildman–Crippen LogP) is 3.96. The summed E-state index contributed by atoms with van der Waals surface area (Å²) in [4.78, 5) is 0. The summed E-state index contributed by atoms with van der Waals surface area (Å²) in [6.45, 7) is 5.70. The van der Waals surface area contributed by atoms with E-state index < -0.39 is 0 Å². The van der Waals surface area contributed by atoms with Crippen LogP contribution < -0.4 is 5.32 Å². The summed E-state index contributed by atoms with van der Waals surface area (Å²) < 4.78 is 0. The van der Waals surface area contributed by atoms with Crippen LogP contribution in [0.1, 0.15) is 51.0 Å². The zero-order valence-corrected chi connectivity index (χ0v) is 11.2.